The summed E-state index contributed by atoms with van der Waals surface area (Å²) in [6.07, 6.45) is 3.04. The highest BCUT2D eigenvalue weighted by Crippen LogP contribution is 2.28. The number of hydrogen-bond donors (Lipinski definition) is 2. The molecule has 2 heterocycles. The van der Waals surface area contributed by atoms with Crippen molar-refractivity contribution < 1.29 is 9.53 Å². The van der Waals surface area contributed by atoms with Crippen LogP contribution in [0, 0.1) is 0 Å². The van der Waals surface area contributed by atoms with Crippen LogP contribution >= 0.6 is 0 Å². The minimum Gasteiger partial charge on any atom is -0.378 e. The molecule has 4 rings (SSSR count). The number of carbonyl (C=O) groups excluding carboxylic acids is 1. The van der Waals surface area contributed by atoms with Crippen LogP contribution in [0.25, 0.3) is 0 Å². The third-order valence-electron chi connectivity index (χ3n) is 4.43. The molecule has 1 aliphatic heterocycles. The SMILES string of the molecule is O=C(Nc1ccccc1)c1cnc(Nc2ccccc2N2CCOCC2)cn1. The van der Waals surface area contributed by atoms with E-state index in [4.69, 9.17) is 4.74 Å². The van der Waals surface area contributed by atoms with Gasteiger partial charge < -0.3 is 20.3 Å². The molecular formula is C21H21N5O2. The van der Waals surface area contributed by atoms with E-state index in [0.717, 1.165) is 43.4 Å². The summed E-state index contributed by atoms with van der Waals surface area (Å²) in [5.41, 5.74) is 3.02. The summed E-state index contributed by atoms with van der Waals surface area (Å²) in [5.74, 6) is 0.288. The number of aromatic nitrogens is 2. The Morgan fingerprint density at radius 2 is 1.68 bits per heavy atom. The lowest BCUT2D eigenvalue weighted by atomic mass is 10.2. The van der Waals surface area contributed by atoms with Crippen LogP contribution in [-0.2, 0) is 4.74 Å². The molecule has 2 aromatic carbocycles. The van der Waals surface area contributed by atoms with Gasteiger partial charge in [-0.2, -0.15) is 0 Å². The summed E-state index contributed by atoms with van der Waals surface area (Å²) >= 11 is 0. The lowest BCUT2D eigenvalue weighted by Crippen LogP contribution is -2.36. The van der Waals surface area contributed by atoms with Gasteiger partial charge in [0.05, 0.1) is 37.0 Å². The monoisotopic (exact) mass is 375 g/mol. The van der Waals surface area contributed by atoms with Crippen LogP contribution in [0.3, 0.4) is 0 Å². The Balaban J connectivity index is 1.46. The molecule has 0 bridgehead atoms. The minimum atomic E-state index is -0.293. The number of carbonyl (C=O) groups is 1. The molecule has 142 valence electrons. The summed E-state index contributed by atoms with van der Waals surface area (Å²) < 4.78 is 5.44. The fraction of sp³-hybridized carbons (Fsp3) is 0.190. The molecule has 3 aromatic rings. The molecule has 2 N–H and O–H groups in total. The van der Waals surface area contributed by atoms with Crippen LogP contribution in [0.15, 0.2) is 67.0 Å². The van der Waals surface area contributed by atoms with Gasteiger partial charge in [-0.1, -0.05) is 30.3 Å². The Morgan fingerprint density at radius 1 is 0.929 bits per heavy atom. The first-order chi connectivity index (χ1) is 13.8. The van der Waals surface area contributed by atoms with E-state index < -0.39 is 0 Å². The Bertz CT molecular complexity index is 925. The van der Waals surface area contributed by atoms with E-state index >= 15 is 0 Å². The van der Waals surface area contributed by atoms with Crippen molar-refractivity contribution in [3.63, 3.8) is 0 Å². The lowest BCUT2D eigenvalue weighted by molar-refractivity contribution is 0.102. The van der Waals surface area contributed by atoms with Crippen molar-refractivity contribution in [3.8, 4) is 0 Å². The van der Waals surface area contributed by atoms with E-state index in [1.54, 1.807) is 6.20 Å². The van der Waals surface area contributed by atoms with Crippen molar-refractivity contribution in [2.45, 2.75) is 0 Å². The van der Waals surface area contributed by atoms with Crippen LogP contribution in [0.2, 0.25) is 0 Å². The van der Waals surface area contributed by atoms with E-state index in [1.165, 1.54) is 6.20 Å². The second-order valence-electron chi connectivity index (χ2n) is 6.35. The van der Waals surface area contributed by atoms with E-state index in [2.05, 4.69) is 31.6 Å². The van der Waals surface area contributed by atoms with Crippen LogP contribution < -0.4 is 15.5 Å². The molecule has 0 aliphatic carbocycles. The molecule has 7 nitrogen and oxygen atoms in total. The number of amides is 1. The van der Waals surface area contributed by atoms with Gasteiger partial charge in [0.2, 0.25) is 0 Å². The quantitative estimate of drug-likeness (QED) is 0.712. The number of rotatable bonds is 5. The summed E-state index contributed by atoms with van der Waals surface area (Å²) in [4.78, 5) is 23.2. The van der Waals surface area contributed by atoms with Crippen molar-refractivity contribution >= 4 is 28.8 Å². The summed E-state index contributed by atoms with van der Waals surface area (Å²) in [6.45, 7) is 3.14. The van der Waals surface area contributed by atoms with Crippen molar-refractivity contribution in [3.05, 3.63) is 72.7 Å². The Kier molecular flexibility index (Phi) is 5.44. The largest absolute Gasteiger partial charge is 0.378 e. The highest BCUT2D eigenvalue weighted by atomic mass is 16.5. The van der Waals surface area contributed by atoms with Crippen molar-refractivity contribution in [2.75, 3.05) is 41.8 Å². The maximum Gasteiger partial charge on any atom is 0.275 e. The highest BCUT2D eigenvalue weighted by molar-refractivity contribution is 6.02. The molecule has 1 aromatic heterocycles. The molecule has 0 radical (unpaired) electrons. The average Bonchev–Trinajstić information content (AvgIpc) is 2.76. The fourth-order valence-electron chi connectivity index (χ4n) is 3.02. The second-order valence-corrected chi connectivity index (χ2v) is 6.35. The van der Waals surface area contributed by atoms with E-state index in [1.807, 2.05) is 48.5 Å². The van der Waals surface area contributed by atoms with E-state index in [9.17, 15) is 4.79 Å². The molecule has 7 heteroatoms. The molecule has 28 heavy (non-hydrogen) atoms. The van der Waals surface area contributed by atoms with Crippen LogP contribution in [-0.4, -0.2) is 42.2 Å². The number of hydrogen-bond acceptors (Lipinski definition) is 6. The zero-order chi connectivity index (χ0) is 19.2. The fourth-order valence-corrected chi connectivity index (χ4v) is 3.02. The second kappa shape index (κ2) is 8.49. The zero-order valence-corrected chi connectivity index (χ0v) is 15.3. The molecule has 1 amide bonds. The van der Waals surface area contributed by atoms with Gasteiger partial charge in [-0.25, -0.2) is 9.97 Å². The number of morpholine rings is 1. The van der Waals surface area contributed by atoms with Crippen molar-refractivity contribution in [2.24, 2.45) is 0 Å². The van der Waals surface area contributed by atoms with Gasteiger partial charge in [0, 0.05) is 18.8 Å². The molecule has 1 aliphatic rings. The normalized spacial score (nSPS) is 13.8. The van der Waals surface area contributed by atoms with Gasteiger partial charge in [-0.05, 0) is 24.3 Å². The Labute approximate surface area is 163 Å². The predicted octanol–water partition coefficient (Wildman–Crippen LogP) is 3.31. The van der Waals surface area contributed by atoms with Crippen LogP contribution in [0.4, 0.5) is 22.9 Å². The van der Waals surface area contributed by atoms with Crippen LogP contribution in [0.5, 0.6) is 0 Å². The first-order valence-corrected chi connectivity index (χ1v) is 9.17. The van der Waals surface area contributed by atoms with Crippen LogP contribution in [0.1, 0.15) is 10.5 Å². The van der Waals surface area contributed by atoms with Crippen molar-refractivity contribution in [1.29, 1.82) is 0 Å². The molecule has 1 saturated heterocycles. The number of benzene rings is 2. The standard InChI is InChI=1S/C21H21N5O2/c27-21(24-16-6-2-1-3-7-16)18-14-23-20(15-22-18)25-17-8-4-5-9-19(17)26-10-12-28-13-11-26/h1-9,14-15H,10-13H2,(H,23,25)(H,24,27). The van der Waals surface area contributed by atoms with Gasteiger partial charge in [-0.15, -0.1) is 0 Å². The average molecular weight is 375 g/mol. The molecule has 0 spiro atoms. The summed E-state index contributed by atoms with van der Waals surface area (Å²) in [5, 5.41) is 6.10. The van der Waals surface area contributed by atoms with E-state index in [0.29, 0.717) is 5.82 Å². The van der Waals surface area contributed by atoms with E-state index in [-0.39, 0.29) is 11.6 Å². The molecule has 1 fully saturated rings. The smallest absolute Gasteiger partial charge is 0.275 e. The van der Waals surface area contributed by atoms with Gasteiger partial charge in [0.15, 0.2) is 0 Å². The third-order valence-corrected chi connectivity index (χ3v) is 4.43. The van der Waals surface area contributed by atoms with Crippen molar-refractivity contribution in [1.82, 2.24) is 9.97 Å². The maximum atomic E-state index is 12.3. The molecule has 0 unspecified atom stereocenters. The topological polar surface area (TPSA) is 79.4 Å². The highest BCUT2D eigenvalue weighted by Gasteiger charge is 2.15. The molecular weight excluding hydrogens is 354 g/mol. The lowest BCUT2D eigenvalue weighted by Gasteiger charge is -2.30. The van der Waals surface area contributed by atoms with Gasteiger partial charge in [0.25, 0.3) is 5.91 Å². The maximum absolute atomic E-state index is 12.3. The Morgan fingerprint density at radius 3 is 2.43 bits per heavy atom. The number of nitrogens with zero attached hydrogens (tertiary/aromatic N) is 3. The first kappa shape index (κ1) is 17.9. The van der Waals surface area contributed by atoms with Gasteiger partial charge in [-0.3, -0.25) is 4.79 Å². The van der Waals surface area contributed by atoms with Gasteiger partial charge >= 0.3 is 0 Å². The first-order valence-electron chi connectivity index (χ1n) is 9.17. The number of anilines is 4. The number of para-hydroxylation sites is 3. The molecule has 0 saturated carbocycles. The third kappa shape index (κ3) is 4.27. The Hall–Kier alpha value is -3.45. The molecule has 0 atom stereocenters. The zero-order valence-electron chi connectivity index (χ0n) is 15.3. The summed E-state index contributed by atoms with van der Waals surface area (Å²) in [7, 11) is 0. The summed E-state index contributed by atoms with van der Waals surface area (Å²) in [6, 6.07) is 17.3. The predicted molar refractivity (Wildman–Crippen MR) is 109 cm³/mol. The minimum absolute atomic E-state index is 0.260. The number of ether oxygens (including phenoxy) is 1. The van der Waals surface area contributed by atoms with Gasteiger partial charge in [0.1, 0.15) is 11.5 Å². The number of nitrogens with one attached hydrogen (secondary N) is 2.